The third-order valence-electron chi connectivity index (χ3n) is 3.06. The summed E-state index contributed by atoms with van der Waals surface area (Å²) in [5.74, 6) is 1.68. The highest BCUT2D eigenvalue weighted by molar-refractivity contribution is 6.00. The van der Waals surface area contributed by atoms with E-state index in [4.69, 9.17) is 9.26 Å². The topological polar surface area (TPSA) is 52.3 Å². The van der Waals surface area contributed by atoms with E-state index < -0.39 is 0 Å². The fourth-order valence-corrected chi connectivity index (χ4v) is 2.16. The van der Waals surface area contributed by atoms with Crippen molar-refractivity contribution in [2.75, 3.05) is 0 Å². The zero-order valence-electron chi connectivity index (χ0n) is 10.1. The largest absolute Gasteiger partial charge is 0.486 e. The first kappa shape index (κ1) is 11.0. The lowest BCUT2D eigenvalue weighted by atomic mass is 10.1. The Labute approximate surface area is 105 Å². The van der Waals surface area contributed by atoms with Crippen LogP contribution < -0.4 is 4.74 Å². The van der Waals surface area contributed by atoms with Crippen LogP contribution in [0.25, 0.3) is 0 Å². The number of aromatic nitrogens is 1. The number of aryl methyl sites for hydroxylation is 2. The molecular weight excluding hydrogens is 230 g/mol. The van der Waals surface area contributed by atoms with Gasteiger partial charge in [-0.15, -0.1) is 0 Å². The zero-order chi connectivity index (χ0) is 12.5. The molecule has 0 saturated heterocycles. The molecule has 0 fully saturated rings. The molecule has 4 nitrogen and oxygen atoms in total. The summed E-state index contributed by atoms with van der Waals surface area (Å²) in [6, 6.07) is 7.44. The molecule has 3 rings (SSSR count). The predicted molar refractivity (Wildman–Crippen MR) is 64.7 cm³/mol. The number of benzene rings is 1. The minimum absolute atomic E-state index is 0.224. The number of hydrogen-bond donors (Lipinski definition) is 0. The van der Waals surface area contributed by atoms with Gasteiger partial charge in [0, 0.05) is 18.1 Å². The normalized spacial score (nSPS) is 13.7. The highest BCUT2D eigenvalue weighted by Crippen LogP contribution is 2.26. The maximum absolute atomic E-state index is 11.5. The van der Waals surface area contributed by atoms with Gasteiger partial charge in [-0.25, -0.2) is 0 Å². The van der Waals surface area contributed by atoms with Crippen LogP contribution >= 0.6 is 0 Å². The Morgan fingerprint density at radius 3 is 3.00 bits per heavy atom. The number of Topliss-reactive ketones (excluding diaryl/α,β-unsaturated/α-hetero) is 1. The number of ketones is 1. The molecule has 1 heterocycles. The van der Waals surface area contributed by atoms with Crippen molar-refractivity contribution >= 4 is 5.78 Å². The van der Waals surface area contributed by atoms with Crippen LogP contribution in [0.5, 0.6) is 5.75 Å². The number of hydrogen-bond acceptors (Lipinski definition) is 4. The van der Waals surface area contributed by atoms with Crippen molar-refractivity contribution in [2.24, 2.45) is 0 Å². The van der Waals surface area contributed by atoms with Crippen LogP contribution in [0.4, 0.5) is 0 Å². The van der Waals surface area contributed by atoms with Crippen LogP contribution in [0.2, 0.25) is 0 Å². The quantitative estimate of drug-likeness (QED) is 0.831. The highest BCUT2D eigenvalue weighted by Gasteiger charge is 2.19. The van der Waals surface area contributed by atoms with E-state index in [0.717, 1.165) is 29.0 Å². The van der Waals surface area contributed by atoms with Gasteiger partial charge in [-0.3, -0.25) is 4.79 Å². The molecule has 4 heteroatoms. The second-order valence-electron chi connectivity index (χ2n) is 4.47. The molecule has 18 heavy (non-hydrogen) atoms. The molecule has 0 aliphatic heterocycles. The van der Waals surface area contributed by atoms with E-state index in [2.05, 4.69) is 5.16 Å². The first-order valence-corrected chi connectivity index (χ1v) is 5.93. The van der Waals surface area contributed by atoms with Gasteiger partial charge in [0.05, 0.1) is 5.69 Å². The van der Waals surface area contributed by atoms with Crippen molar-refractivity contribution in [2.45, 2.75) is 26.4 Å². The molecule has 1 aromatic heterocycles. The van der Waals surface area contributed by atoms with E-state index >= 15 is 0 Å². The lowest BCUT2D eigenvalue weighted by molar-refractivity contribution is 0.0994. The Bertz CT molecular complexity index is 601. The van der Waals surface area contributed by atoms with Gasteiger partial charge in [-0.05, 0) is 37.1 Å². The molecule has 1 aliphatic carbocycles. The fourth-order valence-electron chi connectivity index (χ4n) is 2.16. The third-order valence-corrected chi connectivity index (χ3v) is 3.06. The average molecular weight is 243 g/mol. The number of carbonyl (C=O) groups is 1. The average Bonchev–Trinajstić information content (AvgIpc) is 2.94. The Morgan fingerprint density at radius 1 is 1.33 bits per heavy atom. The Kier molecular flexibility index (Phi) is 2.63. The van der Waals surface area contributed by atoms with E-state index in [1.807, 2.05) is 31.2 Å². The van der Waals surface area contributed by atoms with Gasteiger partial charge in [0.15, 0.2) is 11.5 Å². The standard InChI is InChI=1S/C14H13NO3/c1-9-6-12(18-15-9)8-17-11-3-4-13-10(7-11)2-5-14(13)16/h3-4,6-7H,2,5,8H2,1H3. The zero-order valence-corrected chi connectivity index (χ0v) is 10.1. The molecule has 0 bridgehead atoms. The number of ether oxygens (including phenoxy) is 1. The predicted octanol–water partition coefficient (Wildman–Crippen LogP) is 2.69. The van der Waals surface area contributed by atoms with Crippen molar-refractivity contribution in [1.29, 1.82) is 0 Å². The van der Waals surface area contributed by atoms with E-state index in [9.17, 15) is 4.79 Å². The first-order valence-electron chi connectivity index (χ1n) is 5.93. The van der Waals surface area contributed by atoms with Crippen LogP contribution in [-0.4, -0.2) is 10.9 Å². The van der Waals surface area contributed by atoms with E-state index in [-0.39, 0.29) is 5.78 Å². The highest BCUT2D eigenvalue weighted by atomic mass is 16.5. The third kappa shape index (κ3) is 2.01. The summed E-state index contributed by atoms with van der Waals surface area (Å²) in [6.07, 6.45) is 1.42. The molecule has 0 N–H and O–H groups in total. The van der Waals surface area contributed by atoms with Gasteiger partial charge in [0.1, 0.15) is 12.4 Å². The van der Waals surface area contributed by atoms with Crippen molar-refractivity contribution < 1.29 is 14.1 Å². The molecule has 0 radical (unpaired) electrons. The lowest BCUT2D eigenvalue weighted by Crippen LogP contribution is -1.96. The van der Waals surface area contributed by atoms with Crippen LogP contribution in [0.15, 0.2) is 28.8 Å². The maximum atomic E-state index is 11.5. The van der Waals surface area contributed by atoms with Gasteiger partial charge in [-0.2, -0.15) is 0 Å². The Hall–Kier alpha value is -2.10. The first-order chi connectivity index (χ1) is 8.72. The number of rotatable bonds is 3. The molecule has 0 amide bonds. The maximum Gasteiger partial charge on any atom is 0.174 e. The molecule has 2 aromatic rings. The van der Waals surface area contributed by atoms with E-state index in [1.165, 1.54) is 0 Å². The van der Waals surface area contributed by atoms with Crippen LogP contribution in [-0.2, 0) is 13.0 Å². The molecule has 0 spiro atoms. The second-order valence-corrected chi connectivity index (χ2v) is 4.47. The van der Waals surface area contributed by atoms with Crippen molar-refractivity contribution in [1.82, 2.24) is 5.16 Å². The van der Waals surface area contributed by atoms with Crippen molar-refractivity contribution in [3.63, 3.8) is 0 Å². The van der Waals surface area contributed by atoms with Gasteiger partial charge in [0.2, 0.25) is 0 Å². The summed E-state index contributed by atoms with van der Waals surface area (Å²) in [4.78, 5) is 11.5. The molecular formula is C14H13NO3. The summed E-state index contributed by atoms with van der Waals surface area (Å²) in [6.45, 7) is 2.22. The smallest absolute Gasteiger partial charge is 0.174 e. The fraction of sp³-hybridized carbons (Fsp3) is 0.286. The van der Waals surface area contributed by atoms with Crippen molar-refractivity contribution in [3.05, 3.63) is 46.8 Å². The monoisotopic (exact) mass is 243 g/mol. The summed E-state index contributed by atoms with van der Waals surface area (Å²) >= 11 is 0. The Balaban J connectivity index is 1.72. The minimum atomic E-state index is 0.224. The van der Waals surface area contributed by atoms with Gasteiger partial charge in [-0.1, -0.05) is 5.16 Å². The van der Waals surface area contributed by atoms with Crippen LogP contribution in [0.3, 0.4) is 0 Å². The van der Waals surface area contributed by atoms with Gasteiger partial charge in [0.25, 0.3) is 0 Å². The number of fused-ring (bicyclic) bond motifs is 1. The second kappa shape index (κ2) is 4.29. The molecule has 1 aliphatic rings. The Morgan fingerprint density at radius 2 is 2.22 bits per heavy atom. The molecule has 92 valence electrons. The van der Waals surface area contributed by atoms with Crippen LogP contribution in [0, 0.1) is 6.92 Å². The summed E-state index contributed by atoms with van der Waals surface area (Å²) < 4.78 is 10.7. The van der Waals surface area contributed by atoms with Gasteiger partial charge < -0.3 is 9.26 Å². The SMILES string of the molecule is Cc1cc(COc2ccc3c(c2)CCC3=O)on1. The summed E-state index contributed by atoms with van der Waals surface area (Å²) in [7, 11) is 0. The summed E-state index contributed by atoms with van der Waals surface area (Å²) in [5.41, 5.74) is 2.75. The summed E-state index contributed by atoms with van der Waals surface area (Å²) in [5, 5.41) is 3.80. The van der Waals surface area contributed by atoms with Gasteiger partial charge >= 0.3 is 0 Å². The molecule has 0 saturated carbocycles. The lowest BCUT2D eigenvalue weighted by Gasteiger charge is -2.05. The van der Waals surface area contributed by atoms with Crippen LogP contribution in [0.1, 0.15) is 33.8 Å². The molecule has 1 aromatic carbocycles. The number of nitrogens with zero attached hydrogens (tertiary/aromatic N) is 1. The van der Waals surface area contributed by atoms with Crippen molar-refractivity contribution in [3.8, 4) is 5.75 Å². The number of carbonyl (C=O) groups excluding carboxylic acids is 1. The van der Waals surface area contributed by atoms with E-state index in [1.54, 1.807) is 0 Å². The van der Waals surface area contributed by atoms with E-state index in [0.29, 0.717) is 18.8 Å². The molecule has 0 unspecified atom stereocenters. The molecule has 0 atom stereocenters. The minimum Gasteiger partial charge on any atom is -0.486 e.